The zero-order valence-electron chi connectivity index (χ0n) is 23.3. The highest BCUT2D eigenvalue weighted by molar-refractivity contribution is 7.45. The van der Waals surface area contributed by atoms with Gasteiger partial charge in [-0.1, -0.05) is 86.8 Å². The van der Waals surface area contributed by atoms with Gasteiger partial charge in [-0.3, -0.25) is 4.57 Å². The summed E-state index contributed by atoms with van der Waals surface area (Å²) in [4.78, 5) is 23.6. The van der Waals surface area contributed by atoms with E-state index in [1.807, 2.05) is 51.5 Å². The van der Waals surface area contributed by atoms with Gasteiger partial charge in [-0.25, -0.2) is 4.79 Å². The van der Waals surface area contributed by atoms with Gasteiger partial charge in [0.15, 0.2) is 0 Å². The number of hydrogen-bond donors (Lipinski definition) is 2. The summed E-state index contributed by atoms with van der Waals surface area (Å²) in [7, 11) is 1.12. The van der Waals surface area contributed by atoms with Crippen molar-refractivity contribution in [2.24, 2.45) is 0 Å². The Labute approximate surface area is 229 Å². The van der Waals surface area contributed by atoms with Crippen LogP contribution in [0.3, 0.4) is 0 Å². The van der Waals surface area contributed by atoms with Gasteiger partial charge in [0.2, 0.25) is 0 Å². The fourth-order valence-electron chi connectivity index (χ4n) is 2.92. The van der Waals surface area contributed by atoms with Gasteiger partial charge < -0.3 is 33.4 Å². The molecule has 0 fully saturated rings. The molecule has 0 aliphatic rings. The van der Waals surface area contributed by atoms with Crippen molar-refractivity contribution >= 4 is 13.8 Å². The highest BCUT2D eigenvalue weighted by atomic mass is 31.2. The van der Waals surface area contributed by atoms with Crippen LogP contribution in [-0.2, 0) is 23.1 Å². The third-order valence-electron chi connectivity index (χ3n) is 5.09. The minimum atomic E-state index is -4.56. The maximum atomic E-state index is 11.9. The topological polar surface area (TPSA) is 125 Å². The first-order valence-electron chi connectivity index (χ1n) is 13.3. The number of unbranched alkanes of at least 4 members (excludes halogenated alkanes) is 7. The number of ether oxygens (including phenoxy) is 1. The van der Waals surface area contributed by atoms with Crippen molar-refractivity contribution in [3.05, 3.63) is 60.8 Å². The van der Waals surface area contributed by atoms with Crippen LogP contribution in [0.5, 0.6) is 0 Å². The van der Waals surface area contributed by atoms with Crippen molar-refractivity contribution in [1.82, 2.24) is 0 Å². The Morgan fingerprint density at radius 3 is 1.97 bits per heavy atom. The van der Waals surface area contributed by atoms with E-state index in [1.54, 1.807) is 12.2 Å². The number of allylic oxidation sites excluding steroid dienone is 9. The normalized spacial score (nSPS) is 15.4. The van der Waals surface area contributed by atoms with Crippen molar-refractivity contribution in [3.63, 3.8) is 0 Å². The number of esters is 1. The maximum absolute atomic E-state index is 11.9. The molecule has 0 aromatic rings. The number of rotatable bonds is 23. The lowest BCUT2D eigenvalue weighted by Gasteiger charge is -2.28. The second kappa shape index (κ2) is 23.1. The number of quaternary nitrogens is 1. The lowest BCUT2D eigenvalue weighted by Crippen LogP contribution is -2.37. The molecule has 0 bridgehead atoms. The van der Waals surface area contributed by atoms with Crippen LogP contribution in [0.25, 0.3) is 0 Å². The lowest BCUT2D eigenvalue weighted by atomic mass is 10.1. The van der Waals surface area contributed by atoms with E-state index in [1.165, 1.54) is 38.2 Å². The molecule has 0 saturated carbocycles. The number of phosphoric ester groups is 1. The van der Waals surface area contributed by atoms with E-state index in [9.17, 15) is 19.4 Å². The predicted octanol–water partition coefficient (Wildman–Crippen LogP) is 3.99. The second-order valence-corrected chi connectivity index (χ2v) is 11.2. The zero-order chi connectivity index (χ0) is 28.5. The number of nitrogens with zero attached hydrogens (tertiary/aromatic N) is 1. The van der Waals surface area contributed by atoms with Gasteiger partial charge in [0, 0.05) is 12.7 Å². The molecule has 38 heavy (non-hydrogen) atoms. The first-order valence-corrected chi connectivity index (χ1v) is 14.7. The van der Waals surface area contributed by atoms with Crippen LogP contribution in [0.1, 0.15) is 51.4 Å². The molecule has 0 amide bonds. The zero-order valence-corrected chi connectivity index (χ0v) is 24.2. The summed E-state index contributed by atoms with van der Waals surface area (Å²) in [5.41, 5.74) is 0. The van der Waals surface area contributed by atoms with E-state index in [4.69, 9.17) is 18.9 Å². The monoisotopic (exact) mass is 557 g/mol. The molecular weight excluding hydrogens is 509 g/mol. The van der Waals surface area contributed by atoms with Gasteiger partial charge in [0.05, 0.1) is 34.4 Å². The Morgan fingerprint density at radius 1 is 0.842 bits per heavy atom. The first-order chi connectivity index (χ1) is 18.1. The van der Waals surface area contributed by atoms with Gasteiger partial charge in [-0.15, -0.1) is 0 Å². The number of hydrogen-bond acceptors (Lipinski definition) is 8. The number of likely N-dealkylation sites (N-methyl/N-ethyl adjacent to an activating group) is 1. The number of aliphatic hydroxyl groups excluding tert-OH is 2. The molecule has 0 aliphatic heterocycles. The molecular formula is C28H48NO8P. The molecule has 0 saturated heterocycles. The van der Waals surface area contributed by atoms with Gasteiger partial charge in [-0.2, -0.15) is 0 Å². The molecule has 9 nitrogen and oxygen atoms in total. The third kappa shape index (κ3) is 25.8. The van der Waals surface area contributed by atoms with Crippen LogP contribution < -0.4 is 4.89 Å². The second-order valence-electron chi connectivity index (χ2n) is 9.76. The maximum Gasteiger partial charge on any atom is 0.331 e. The minimum Gasteiger partial charge on any atom is -0.756 e. The fraction of sp³-hybridized carbons (Fsp3) is 0.607. The van der Waals surface area contributed by atoms with Crippen LogP contribution in [0.15, 0.2) is 60.8 Å². The van der Waals surface area contributed by atoms with Crippen LogP contribution in [0.4, 0.5) is 0 Å². The van der Waals surface area contributed by atoms with E-state index in [0.29, 0.717) is 17.6 Å². The highest BCUT2D eigenvalue weighted by Gasteiger charge is 2.18. The molecule has 2 N–H and O–H groups in total. The smallest absolute Gasteiger partial charge is 0.331 e. The summed E-state index contributed by atoms with van der Waals surface area (Å²) in [6.07, 6.45) is 25.8. The van der Waals surface area contributed by atoms with Crippen LogP contribution in [0.2, 0.25) is 0 Å². The van der Waals surface area contributed by atoms with Crippen molar-refractivity contribution in [1.29, 1.82) is 0 Å². The number of aliphatic hydroxyl groups is 2. The lowest BCUT2D eigenvalue weighted by molar-refractivity contribution is -0.870. The van der Waals surface area contributed by atoms with Crippen molar-refractivity contribution < 1.29 is 42.7 Å². The predicted molar refractivity (Wildman–Crippen MR) is 149 cm³/mol. The van der Waals surface area contributed by atoms with E-state index in [2.05, 4.69) is 6.08 Å². The van der Waals surface area contributed by atoms with E-state index in [0.717, 1.165) is 25.3 Å². The Bertz CT molecular complexity index is 799. The van der Waals surface area contributed by atoms with Gasteiger partial charge in [0.1, 0.15) is 19.3 Å². The Morgan fingerprint density at radius 2 is 1.39 bits per heavy atom. The van der Waals surface area contributed by atoms with Crippen LogP contribution in [0, 0.1) is 0 Å². The average Bonchev–Trinajstić information content (AvgIpc) is 2.84. The third-order valence-corrected chi connectivity index (χ3v) is 6.06. The van der Waals surface area contributed by atoms with Crippen molar-refractivity contribution in [2.45, 2.75) is 57.5 Å². The van der Waals surface area contributed by atoms with E-state index < -0.39 is 33.1 Å². The number of carbonyl (C=O) groups excluding carboxylic acids is 1. The molecule has 0 aliphatic carbocycles. The molecule has 0 aromatic heterocycles. The van der Waals surface area contributed by atoms with Crippen molar-refractivity contribution in [2.75, 3.05) is 54.1 Å². The summed E-state index contributed by atoms with van der Waals surface area (Å²) in [5, 5.41) is 18.1. The number of phosphoric acid groups is 1. The molecule has 10 heteroatoms. The summed E-state index contributed by atoms with van der Waals surface area (Å²) in [6, 6.07) is 0. The SMILES string of the molecule is C[N+](C)(C)CCOP(=O)([O-])OC[C@@H](CO)OC(=O)C=CC=CC=CC=CC=CCCCCCCCCCO. The molecule has 0 heterocycles. The standard InChI is InChI=1S/C28H48NO8P/c1-29(2,3)22-24-35-38(33,34)36-26-27(25-31)37-28(32)21-19-17-15-13-11-9-7-5-4-6-8-10-12-14-16-18-20-23-30/h4-5,7,9,11,13,15,17,19,21,27,30-31H,6,8,10,12,14,16,18,20,22-26H2,1-3H3/t27-/m1/s1. The molecule has 2 atom stereocenters. The van der Waals surface area contributed by atoms with Gasteiger partial charge in [-0.05, 0) is 19.3 Å². The summed E-state index contributed by atoms with van der Waals surface area (Å²) in [5.74, 6) is -0.736. The molecule has 0 spiro atoms. The Hall–Kier alpha value is -1.84. The largest absolute Gasteiger partial charge is 0.756 e. The highest BCUT2D eigenvalue weighted by Crippen LogP contribution is 2.38. The summed E-state index contributed by atoms with van der Waals surface area (Å²) in [6.45, 7) is -0.410. The van der Waals surface area contributed by atoms with Crippen molar-refractivity contribution in [3.8, 4) is 0 Å². The number of carbonyl (C=O) groups is 1. The average molecular weight is 558 g/mol. The molecule has 0 aromatic carbocycles. The van der Waals surface area contributed by atoms with E-state index >= 15 is 0 Å². The fourth-order valence-corrected chi connectivity index (χ4v) is 3.65. The quantitative estimate of drug-likeness (QED) is 0.0483. The van der Waals surface area contributed by atoms with Gasteiger partial charge >= 0.3 is 5.97 Å². The molecule has 218 valence electrons. The molecule has 1 unspecified atom stereocenters. The van der Waals surface area contributed by atoms with E-state index in [-0.39, 0.29) is 6.61 Å². The Kier molecular flexibility index (Phi) is 22.0. The molecule has 0 radical (unpaired) electrons. The van der Waals surface area contributed by atoms with Crippen LogP contribution >= 0.6 is 7.82 Å². The minimum absolute atomic E-state index is 0.0436. The van der Waals surface area contributed by atoms with Gasteiger partial charge in [0.25, 0.3) is 7.82 Å². The Balaban J connectivity index is 4.07. The summed E-state index contributed by atoms with van der Waals surface area (Å²) < 4.78 is 26.8. The summed E-state index contributed by atoms with van der Waals surface area (Å²) >= 11 is 0. The molecule has 0 rings (SSSR count). The van der Waals surface area contributed by atoms with Crippen LogP contribution in [-0.4, -0.2) is 80.9 Å². The first kappa shape index (κ1) is 36.2.